The molecule has 1 aromatic heterocycles. The highest BCUT2D eigenvalue weighted by Gasteiger charge is 2.19. The van der Waals surface area contributed by atoms with E-state index in [0.29, 0.717) is 5.38 Å². The molecule has 0 aliphatic carbocycles. The molecule has 100 valence electrons. The highest BCUT2D eigenvalue weighted by molar-refractivity contribution is 6.20. The number of aromatic nitrogens is 1. The maximum Gasteiger partial charge on any atom is 0.128 e. The highest BCUT2D eigenvalue weighted by atomic mass is 35.5. The molecule has 0 bridgehead atoms. The Bertz CT molecular complexity index is 415. The summed E-state index contributed by atoms with van der Waals surface area (Å²) in [6, 6.07) is 0. The average Bonchev–Trinajstić information content (AvgIpc) is 2.36. The highest BCUT2D eigenvalue weighted by Crippen LogP contribution is 2.25. The number of ether oxygens (including phenoxy) is 1. The first kappa shape index (κ1) is 13.6. The number of rotatable bonds is 3. The van der Waals surface area contributed by atoms with E-state index in [1.807, 2.05) is 13.1 Å². The summed E-state index contributed by atoms with van der Waals surface area (Å²) in [6.45, 7) is 7.13. The average molecular weight is 269 g/mol. The van der Waals surface area contributed by atoms with Gasteiger partial charge in [-0.1, -0.05) is 0 Å². The van der Waals surface area contributed by atoms with Crippen LogP contribution < -0.4 is 4.74 Å². The third-order valence-electron chi connectivity index (χ3n) is 3.64. The summed E-state index contributed by atoms with van der Waals surface area (Å²) in [5, 5.41) is 0.350. The van der Waals surface area contributed by atoms with Crippen LogP contribution in [0.4, 0.5) is 0 Å². The molecule has 1 fully saturated rings. The second-order valence-electron chi connectivity index (χ2n) is 5.00. The molecule has 4 heteroatoms. The van der Waals surface area contributed by atoms with Crippen molar-refractivity contribution >= 4 is 11.6 Å². The molecule has 1 saturated heterocycles. The number of hydrogen-bond donors (Lipinski definition) is 0. The summed E-state index contributed by atoms with van der Waals surface area (Å²) in [7, 11) is 1.72. The predicted octanol–water partition coefficient (Wildman–Crippen LogP) is 2.91. The van der Waals surface area contributed by atoms with Gasteiger partial charge in [0.15, 0.2) is 0 Å². The smallest absolute Gasteiger partial charge is 0.128 e. The Labute approximate surface area is 114 Å². The fourth-order valence-corrected chi connectivity index (χ4v) is 2.70. The van der Waals surface area contributed by atoms with Crippen LogP contribution in [0.15, 0.2) is 6.20 Å². The molecule has 0 N–H and O–H groups in total. The van der Waals surface area contributed by atoms with Crippen molar-refractivity contribution in [2.45, 2.75) is 38.6 Å². The van der Waals surface area contributed by atoms with Crippen LogP contribution in [0.2, 0.25) is 0 Å². The Morgan fingerprint density at radius 1 is 1.39 bits per heavy atom. The number of hydrogen-bond acceptors (Lipinski definition) is 3. The summed E-state index contributed by atoms with van der Waals surface area (Å²) in [4.78, 5) is 6.96. The van der Waals surface area contributed by atoms with Crippen LogP contribution in [-0.4, -0.2) is 35.5 Å². The molecule has 0 aromatic carbocycles. The lowest BCUT2D eigenvalue weighted by Crippen LogP contribution is -2.34. The van der Waals surface area contributed by atoms with E-state index >= 15 is 0 Å². The van der Waals surface area contributed by atoms with Gasteiger partial charge in [0.2, 0.25) is 0 Å². The number of halogens is 1. The zero-order valence-electron chi connectivity index (χ0n) is 11.4. The zero-order valence-corrected chi connectivity index (χ0v) is 12.1. The molecule has 0 radical (unpaired) electrons. The fourth-order valence-electron chi connectivity index (χ4n) is 2.50. The topological polar surface area (TPSA) is 25.4 Å². The van der Waals surface area contributed by atoms with Gasteiger partial charge in [-0.05, 0) is 39.8 Å². The molecule has 1 aliphatic heterocycles. The molecule has 2 rings (SSSR count). The normalized spacial score (nSPS) is 18.0. The van der Waals surface area contributed by atoms with Gasteiger partial charge < -0.3 is 4.74 Å². The minimum atomic E-state index is 0.350. The van der Waals surface area contributed by atoms with Gasteiger partial charge in [-0.15, -0.1) is 11.6 Å². The van der Waals surface area contributed by atoms with Crippen molar-refractivity contribution in [3.8, 4) is 5.75 Å². The summed E-state index contributed by atoms with van der Waals surface area (Å²) < 4.78 is 5.44. The Morgan fingerprint density at radius 3 is 2.67 bits per heavy atom. The molecule has 0 unspecified atom stereocenters. The SMILES string of the molecule is COc1c(C)cnc(CN2CCC(Cl)CC2)c1C. The van der Waals surface area contributed by atoms with Crippen molar-refractivity contribution in [1.29, 1.82) is 0 Å². The number of piperidine rings is 1. The molecule has 3 nitrogen and oxygen atoms in total. The summed E-state index contributed by atoms with van der Waals surface area (Å²) in [5.74, 6) is 0.965. The molecule has 0 atom stereocenters. The summed E-state index contributed by atoms with van der Waals surface area (Å²) >= 11 is 6.12. The van der Waals surface area contributed by atoms with Gasteiger partial charge in [-0.3, -0.25) is 9.88 Å². The largest absolute Gasteiger partial charge is 0.496 e. The van der Waals surface area contributed by atoms with Gasteiger partial charge in [0.05, 0.1) is 12.8 Å². The molecule has 1 aromatic rings. The molecular weight excluding hydrogens is 248 g/mol. The van der Waals surface area contributed by atoms with Crippen LogP contribution in [0, 0.1) is 13.8 Å². The van der Waals surface area contributed by atoms with Crippen molar-refractivity contribution < 1.29 is 4.74 Å². The Balaban J connectivity index is 2.10. The van der Waals surface area contributed by atoms with Gasteiger partial charge in [-0.2, -0.15) is 0 Å². The molecule has 18 heavy (non-hydrogen) atoms. The third-order valence-corrected chi connectivity index (χ3v) is 4.08. The Hall–Kier alpha value is -0.800. The van der Waals surface area contributed by atoms with Crippen molar-refractivity contribution in [2.24, 2.45) is 0 Å². The van der Waals surface area contributed by atoms with Crippen LogP contribution in [0.25, 0.3) is 0 Å². The van der Waals surface area contributed by atoms with Crippen LogP contribution >= 0.6 is 11.6 Å². The van der Waals surface area contributed by atoms with Crippen molar-refractivity contribution in [3.63, 3.8) is 0 Å². The van der Waals surface area contributed by atoms with E-state index in [4.69, 9.17) is 16.3 Å². The summed E-state index contributed by atoms with van der Waals surface area (Å²) in [6.07, 6.45) is 4.04. The number of aryl methyl sites for hydroxylation is 1. The van der Waals surface area contributed by atoms with Crippen LogP contribution in [0.1, 0.15) is 29.7 Å². The standard InChI is InChI=1S/C14H21ClN2O/c1-10-8-16-13(11(2)14(10)18-3)9-17-6-4-12(15)5-7-17/h8,12H,4-7,9H2,1-3H3. The van der Waals surface area contributed by atoms with Crippen molar-refractivity contribution in [1.82, 2.24) is 9.88 Å². The molecule has 0 saturated carbocycles. The number of nitrogens with zero attached hydrogens (tertiary/aromatic N) is 2. The number of likely N-dealkylation sites (tertiary alicyclic amines) is 1. The van der Waals surface area contributed by atoms with Gasteiger partial charge in [-0.25, -0.2) is 0 Å². The minimum absolute atomic E-state index is 0.350. The molecule has 0 amide bonds. The number of alkyl halides is 1. The Morgan fingerprint density at radius 2 is 2.06 bits per heavy atom. The molecule has 0 spiro atoms. The van der Waals surface area contributed by atoms with E-state index in [9.17, 15) is 0 Å². The predicted molar refractivity (Wildman–Crippen MR) is 74.4 cm³/mol. The maximum absolute atomic E-state index is 6.12. The van der Waals surface area contributed by atoms with Crippen LogP contribution in [0.3, 0.4) is 0 Å². The first-order valence-electron chi connectivity index (χ1n) is 6.47. The van der Waals surface area contributed by atoms with Crippen molar-refractivity contribution in [3.05, 3.63) is 23.0 Å². The number of methoxy groups -OCH3 is 1. The molecule has 2 heterocycles. The van der Waals surface area contributed by atoms with E-state index < -0.39 is 0 Å². The molecule has 1 aliphatic rings. The van der Waals surface area contributed by atoms with E-state index in [2.05, 4.69) is 16.8 Å². The lowest BCUT2D eigenvalue weighted by atomic mass is 10.1. The van der Waals surface area contributed by atoms with E-state index in [1.165, 1.54) is 0 Å². The van der Waals surface area contributed by atoms with Crippen molar-refractivity contribution in [2.75, 3.05) is 20.2 Å². The van der Waals surface area contributed by atoms with E-state index in [0.717, 1.165) is 55.0 Å². The lowest BCUT2D eigenvalue weighted by Gasteiger charge is -2.29. The fraction of sp³-hybridized carbons (Fsp3) is 0.643. The van der Waals surface area contributed by atoms with Gasteiger partial charge >= 0.3 is 0 Å². The van der Waals surface area contributed by atoms with E-state index in [1.54, 1.807) is 7.11 Å². The number of pyridine rings is 1. The summed E-state index contributed by atoms with van der Waals surface area (Å²) in [5.41, 5.74) is 3.37. The van der Waals surface area contributed by atoms with Crippen LogP contribution in [0.5, 0.6) is 5.75 Å². The van der Waals surface area contributed by atoms with Gasteiger partial charge in [0.1, 0.15) is 5.75 Å². The second kappa shape index (κ2) is 5.89. The molecular formula is C14H21ClN2O. The minimum Gasteiger partial charge on any atom is -0.496 e. The second-order valence-corrected chi connectivity index (χ2v) is 5.61. The Kier molecular flexibility index (Phi) is 4.46. The van der Waals surface area contributed by atoms with Gasteiger partial charge in [0, 0.05) is 29.2 Å². The third kappa shape index (κ3) is 2.96. The van der Waals surface area contributed by atoms with E-state index in [-0.39, 0.29) is 0 Å². The zero-order chi connectivity index (χ0) is 13.1. The lowest BCUT2D eigenvalue weighted by molar-refractivity contribution is 0.220. The van der Waals surface area contributed by atoms with Crippen LogP contribution in [-0.2, 0) is 6.54 Å². The maximum atomic E-state index is 6.12. The first-order valence-corrected chi connectivity index (χ1v) is 6.91. The first-order chi connectivity index (χ1) is 8.61. The quantitative estimate of drug-likeness (QED) is 0.789. The van der Waals surface area contributed by atoms with Gasteiger partial charge in [0.25, 0.3) is 0 Å². The monoisotopic (exact) mass is 268 g/mol.